The summed E-state index contributed by atoms with van der Waals surface area (Å²) in [4.78, 5) is 20.4. The zero-order valence-corrected chi connectivity index (χ0v) is 12.3. The van der Waals surface area contributed by atoms with Crippen LogP contribution >= 0.6 is 0 Å². The van der Waals surface area contributed by atoms with Gasteiger partial charge in [-0.3, -0.25) is 4.79 Å². The van der Waals surface area contributed by atoms with E-state index in [-0.39, 0.29) is 17.6 Å². The predicted molar refractivity (Wildman–Crippen MR) is 81.7 cm³/mol. The Kier molecular flexibility index (Phi) is 4.71. The highest BCUT2D eigenvalue weighted by Crippen LogP contribution is 2.23. The SMILES string of the molecule is COc1ccccc1NC(=O)c1cnc(NC(C)C)cn1. The Balaban J connectivity index is 2.09. The number of carbonyl (C=O) groups excluding carboxylic acids is 1. The van der Waals surface area contributed by atoms with Crippen molar-refractivity contribution < 1.29 is 9.53 Å². The average molecular weight is 286 g/mol. The second-order valence-corrected chi connectivity index (χ2v) is 4.74. The Morgan fingerprint density at radius 1 is 1.19 bits per heavy atom. The van der Waals surface area contributed by atoms with E-state index in [4.69, 9.17) is 4.74 Å². The van der Waals surface area contributed by atoms with E-state index >= 15 is 0 Å². The maximum Gasteiger partial charge on any atom is 0.275 e. The number of benzene rings is 1. The molecule has 0 radical (unpaired) electrons. The summed E-state index contributed by atoms with van der Waals surface area (Å²) >= 11 is 0. The number of rotatable bonds is 5. The summed E-state index contributed by atoms with van der Waals surface area (Å²) in [5.74, 6) is 0.902. The fourth-order valence-corrected chi connectivity index (χ4v) is 1.75. The molecule has 1 aromatic heterocycles. The predicted octanol–water partition coefficient (Wildman–Crippen LogP) is 2.56. The summed E-state index contributed by atoms with van der Waals surface area (Å²) in [6, 6.07) is 7.45. The molecular weight excluding hydrogens is 268 g/mol. The van der Waals surface area contributed by atoms with Gasteiger partial charge in [0.15, 0.2) is 0 Å². The normalized spacial score (nSPS) is 10.3. The van der Waals surface area contributed by atoms with Gasteiger partial charge in [0.05, 0.1) is 25.2 Å². The molecule has 6 nitrogen and oxygen atoms in total. The van der Waals surface area contributed by atoms with E-state index in [0.717, 1.165) is 0 Å². The molecule has 1 aromatic carbocycles. The Hall–Kier alpha value is -2.63. The number of hydrogen-bond acceptors (Lipinski definition) is 5. The van der Waals surface area contributed by atoms with Gasteiger partial charge in [-0.25, -0.2) is 9.97 Å². The number of nitrogens with zero attached hydrogens (tertiary/aromatic N) is 2. The van der Waals surface area contributed by atoms with E-state index in [1.54, 1.807) is 19.2 Å². The van der Waals surface area contributed by atoms with Gasteiger partial charge in [-0.2, -0.15) is 0 Å². The molecule has 2 aromatic rings. The van der Waals surface area contributed by atoms with Crippen LogP contribution in [0.25, 0.3) is 0 Å². The number of nitrogens with one attached hydrogen (secondary N) is 2. The first kappa shape index (κ1) is 14.8. The molecule has 2 rings (SSSR count). The molecule has 0 unspecified atom stereocenters. The first-order valence-electron chi connectivity index (χ1n) is 6.63. The number of carbonyl (C=O) groups is 1. The maximum atomic E-state index is 12.1. The van der Waals surface area contributed by atoms with Crippen LogP contribution in [0, 0.1) is 0 Å². The molecule has 0 bridgehead atoms. The monoisotopic (exact) mass is 286 g/mol. The molecule has 110 valence electrons. The average Bonchev–Trinajstić information content (AvgIpc) is 2.48. The van der Waals surface area contributed by atoms with Gasteiger partial charge in [0.25, 0.3) is 5.91 Å². The highest BCUT2D eigenvalue weighted by atomic mass is 16.5. The fourth-order valence-electron chi connectivity index (χ4n) is 1.75. The van der Waals surface area contributed by atoms with Gasteiger partial charge < -0.3 is 15.4 Å². The summed E-state index contributed by atoms with van der Waals surface area (Å²) in [5, 5.41) is 5.86. The number of para-hydroxylation sites is 2. The van der Waals surface area contributed by atoms with Crippen molar-refractivity contribution in [3.63, 3.8) is 0 Å². The van der Waals surface area contributed by atoms with Crippen molar-refractivity contribution in [1.82, 2.24) is 9.97 Å². The van der Waals surface area contributed by atoms with Crippen LogP contribution in [0.5, 0.6) is 5.75 Å². The molecule has 0 aliphatic carbocycles. The van der Waals surface area contributed by atoms with E-state index in [9.17, 15) is 4.79 Å². The van der Waals surface area contributed by atoms with Crippen molar-refractivity contribution >= 4 is 17.4 Å². The third-order valence-electron chi connectivity index (χ3n) is 2.68. The lowest BCUT2D eigenvalue weighted by Crippen LogP contribution is -2.16. The smallest absolute Gasteiger partial charge is 0.275 e. The van der Waals surface area contributed by atoms with Crippen LogP contribution in [-0.4, -0.2) is 29.0 Å². The summed E-state index contributed by atoms with van der Waals surface area (Å²) in [6.07, 6.45) is 2.98. The molecule has 0 aliphatic heterocycles. The van der Waals surface area contributed by atoms with Gasteiger partial charge in [0.1, 0.15) is 17.3 Å². The molecular formula is C15H18N4O2. The Morgan fingerprint density at radius 2 is 1.95 bits per heavy atom. The molecule has 2 N–H and O–H groups in total. The number of anilines is 2. The highest BCUT2D eigenvalue weighted by Gasteiger charge is 2.11. The minimum absolute atomic E-state index is 0.246. The second kappa shape index (κ2) is 6.69. The molecule has 0 fully saturated rings. The van der Waals surface area contributed by atoms with Crippen molar-refractivity contribution in [1.29, 1.82) is 0 Å². The van der Waals surface area contributed by atoms with Crippen LogP contribution in [0.15, 0.2) is 36.7 Å². The van der Waals surface area contributed by atoms with Gasteiger partial charge >= 0.3 is 0 Å². The summed E-state index contributed by atoms with van der Waals surface area (Å²) in [6.45, 7) is 4.01. The van der Waals surface area contributed by atoms with Gasteiger partial charge in [-0.15, -0.1) is 0 Å². The Morgan fingerprint density at radius 3 is 2.57 bits per heavy atom. The van der Waals surface area contributed by atoms with E-state index in [1.807, 2.05) is 26.0 Å². The lowest BCUT2D eigenvalue weighted by atomic mass is 10.3. The largest absolute Gasteiger partial charge is 0.495 e. The molecule has 1 amide bonds. The summed E-state index contributed by atoms with van der Waals surface area (Å²) < 4.78 is 5.18. The topological polar surface area (TPSA) is 76.1 Å². The first-order valence-corrected chi connectivity index (χ1v) is 6.63. The summed E-state index contributed by atoms with van der Waals surface area (Å²) in [5.41, 5.74) is 0.839. The van der Waals surface area contributed by atoms with Crippen LogP contribution in [-0.2, 0) is 0 Å². The van der Waals surface area contributed by atoms with Gasteiger partial charge in [-0.05, 0) is 26.0 Å². The lowest BCUT2D eigenvalue weighted by molar-refractivity contribution is 0.102. The maximum absolute atomic E-state index is 12.1. The third-order valence-corrected chi connectivity index (χ3v) is 2.68. The minimum atomic E-state index is -0.330. The second-order valence-electron chi connectivity index (χ2n) is 4.74. The standard InChI is InChI=1S/C15H18N4O2/c1-10(2)18-14-9-16-12(8-17-14)15(20)19-11-6-4-5-7-13(11)21-3/h4-10H,1-3H3,(H,17,18)(H,19,20). The van der Waals surface area contributed by atoms with Gasteiger partial charge in [0, 0.05) is 6.04 Å². The van der Waals surface area contributed by atoms with E-state index < -0.39 is 0 Å². The van der Waals surface area contributed by atoms with Crippen molar-refractivity contribution in [2.45, 2.75) is 19.9 Å². The number of amides is 1. The molecule has 0 aliphatic rings. The van der Waals surface area contributed by atoms with Gasteiger partial charge in [0.2, 0.25) is 0 Å². The van der Waals surface area contributed by atoms with Crippen LogP contribution < -0.4 is 15.4 Å². The zero-order valence-electron chi connectivity index (χ0n) is 12.3. The van der Waals surface area contributed by atoms with Crippen LogP contribution in [0.4, 0.5) is 11.5 Å². The molecule has 0 atom stereocenters. The fraction of sp³-hybridized carbons (Fsp3) is 0.267. The molecule has 21 heavy (non-hydrogen) atoms. The van der Waals surface area contributed by atoms with Crippen LogP contribution in [0.3, 0.4) is 0 Å². The number of ether oxygens (including phenoxy) is 1. The van der Waals surface area contributed by atoms with Crippen molar-refractivity contribution in [2.75, 3.05) is 17.7 Å². The number of methoxy groups -OCH3 is 1. The molecule has 1 heterocycles. The van der Waals surface area contributed by atoms with Crippen molar-refractivity contribution in [3.8, 4) is 5.75 Å². The third kappa shape index (κ3) is 3.92. The van der Waals surface area contributed by atoms with Crippen molar-refractivity contribution in [2.24, 2.45) is 0 Å². The van der Waals surface area contributed by atoms with Gasteiger partial charge in [-0.1, -0.05) is 12.1 Å². The quantitative estimate of drug-likeness (QED) is 0.883. The molecule has 0 saturated heterocycles. The van der Waals surface area contributed by atoms with E-state index in [0.29, 0.717) is 17.3 Å². The number of aromatic nitrogens is 2. The van der Waals surface area contributed by atoms with Crippen LogP contribution in [0.2, 0.25) is 0 Å². The Labute approximate surface area is 123 Å². The highest BCUT2D eigenvalue weighted by molar-refractivity contribution is 6.03. The molecule has 6 heteroatoms. The first-order chi connectivity index (χ1) is 10.1. The van der Waals surface area contributed by atoms with Crippen molar-refractivity contribution in [3.05, 3.63) is 42.4 Å². The van der Waals surface area contributed by atoms with E-state index in [2.05, 4.69) is 20.6 Å². The molecule has 0 spiro atoms. The lowest BCUT2D eigenvalue weighted by Gasteiger charge is -2.10. The number of hydrogen-bond donors (Lipinski definition) is 2. The van der Waals surface area contributed by atoms with E-state index in [1.165, 1.54) is 12.4 Å². The minimum Gasteiger partial charge on any atom is -0.495 e. The van der Waals surface area contributed by atoms with Crippen LogP contribution in [0.1, 0.15) is 24.3 Å². The summed E-state index contributed by atoms with van der Waals surface area (Å²) in [7, 11) is 1.55. The Bertz CT molecular complexity index is 611. The zero-order chi connectivity index (χ0) is 15.2. The molecule has 0 saturated carbocycles.